The summed E-state index contributed by atoms with van der Waals surface area (Å²) in [4.78, 5) is 15.1. The number of benzene rings is 1. The van der Waals surface area contributed by atoms with Crippen molar-refractivity contribution in [3.63, 3.8) is 0 Å². The fourth-order valence-corrected chi connectivity index (χ4v) is 2.52. The van der Waals surface area contributed by atoms with Gasteiger partial charge < -0.3 is 14.7 Å². The molecule has 106 valence electrons. The Hall–Kier alpha value is -1.60. The summed E-state index contributed by atoms with van der Waals surface area (Å²) in [7, 11) is 4.84. The van der Waals surface area contributed by atoms with Crippen LogP contribution in [0.5, 0.6) is 11.5 Å². The molecule has 1 aliphatic heterocycles. The van der Waals surface area contributed by atoms with E-state index in [1.807, 2.05) is 0 Å². The van der Waals surface area contributed by atoms with Crippen LogP contribution in [0.1, 0.15) is 5.56 Å². The number of carbonyl (C=O) groups excluding carboxylic acids is 1. The van der Waals surface area contributed by atoms with Gasteiger partial charge >= 0.3 is 0 Å². The van der Waals surface area contributed by atoms with E-state index in [0.717, 1.165) is 5.56 Å². The van der Waals surface area contributed by atoms with Crippen LogP contribution in [0.2, 0.25) is 0 Å². The molecule has 0 aromatic heterocycles. The molecule has 1 amide bonds. The Kier molecular flexibility index (Phi) is 4.01. The first-order valence-corrected chi connectivity index (χ1v) is 6.91. The maximum Gasteiger partial charge on any atom is 0.276 e. The molecule has 1 heterocycles. The van der Waals surface area contributed by atoms with Crippen LogP contribution in [0.4, 0.5) is 0 Å². The van der Waals surface area contributed by atoms with Gasteiger partial charge in [0.15, 0.2) is 16.6 Å². The predicted molar refractivity (Wildman–Crippen MR) is 83.5 cm³/mol. The Balaban J connectivity index is 2.48. The highest BCUT2D eigenvalue weighted by Gasteiger charge is 2.32. The number of amides is 1. The number of thiocarbonyl (C=S) groups is 1. The van der Waals surface area contributed by atoms with Crippen LogP contribution in [-0.2, 0) is 4.79 Å². The summed E-state index contributed by atoms with van der Waals surface area (Å²) >= 11 is 8.39. The average Bonchev–Trinajstić information content (AvgIpc) is 2.60. The molecule has 0 unspecified atom stereocenters. The number of phenolic OH excluding ortho intramolecular Hbond substituents is 1. The van der Waals surface area contributed by atoms with Crippen molar-refractivity contribution in [2.75, 3.05) is 21.2 Å². The van der Waals surface area contributed by atoms with Gasteiger partial charge in [0.25, 0.3) is 5.91 Å². The number of methoxy groups -OCH3 is 1. The van der Waals surface area contributed by atoms with E-state index >= 15 is 0 Å². The van der Waals surface area contributed by atoms with Crippen molar-refractivity contribution in [1.29, 1.82) is 0 Å². The number of phenols is 1. The molecule has 1 aliphatic rings. The first-order chi connectivity index (χ1) is 9.36. The number of likely N-dealkylation sites (N-methyl/N-ethyl adjacent to an activating group) is 2. The third kappa shape index (κ3) is 2.38. The van der Waals surface area contributed by atoms with E-state index in [-0.39, 0.29) is 11.7 Å². The van der Waals surface area contributed by atoms with E-state index in [9.17, 15) is 9.90 Å². The largest absolute Gasteiger partial charge is 0.503 e. The zero-order chi connectivity index (χ0) is 15.0. The van der Waals surface area contributed by atoms with Crippen LogP contribution in [0.3, 0.4) is 0 Å². The SMILES string of the molecule is COc1cc(/C=C2\C(=O)N(C)C(=S)N2C)cc(Br)c1O. The molecular formula is C13H13BrN2O3S. The van der Waals surface area contributed by atoms with Crippen molar-refractivity contribution in [2.24, 2.45) is 0 Å². The smallest absolute Gasteiger partial charge is 0.276 e. The van der Waals surface area contributed by atoms with Crippen molar-refractivity contribution < 1.29 is 14.6 Å². The molecule has 1 aromatic rings. The number of aromatic hydroxyl groups is 1. The average molecular weight is 357 g/mol. The van der Waals surface area contributed by atoms with Gasteiger partial charge in [0.2, 0.25) is 0 Å². The maximum absolute atomic E-state index is 12.1. The Bertz CT molecular complexity index is 630. The van der Waals surface area contributed by atoms with Gasteiger partial charge in [-0.2, -0.15) is 0 Å². The predicted octanol–water partition coefficient (Wildman–Crippen LogP) is 2.19. The summed E-state index contributed by atoms with van der Waals surface area (Å²) in [5, 5.41) is 10.2. The summed E-state index contributed by atoms with van der Waals surface area (Å²) in [5.74, 6) is 0.185. The molecule has 20 heavy (non-hydrogen) atoms. The minimum atomic E-state index is -0.166. The number of hydrogen-bond acceptors (Lipinski definition) is 4. The summed E-state index contributed by atoms with van der Waals surface area (Å²) in [6.45, 7) is 0. The third-order valence-electron chi connectivity index (χ3n) is 3.03. The zero-order valence-corrected chi connectivity index (χ0v) is 13.6. The van der Waals surface area contributed by atoms with Gasteiger partial charge in [-0.15, -0.1) is 0 Å². The van der Waals surface area contributed by atoms with Crippen LogP contribution >= 0.6 is 28.1 Å². The second-order valence-electron chi connectivity index (χ2n) is 4.29. The molecule has 0 radical (unpaired) electrons. The Morgan fingerprint density at radius 1 is 1.35 bits per heavy atom. The molecule has 1 saturated heterocycles. The standard InChI is InChI=1S/C13H13BrN2O3S/c1-15-9(12(18)16(2)13(15)20)5-7-4-8(14)11(17)10(6-7)19-3/h4-6,17H,1-3H3/b9-5+. The van der Waals surface area contributed by atoms with Gasteiger partial charge in [0.05, 0.1) is 11.6 Å². The molecule has 7 heteroatoms. The summed E-state index contributed by atoms with van der Waals surface area (Å²) < 4.78 is 5.58. The molecule has 0 aliphatic carbocycles. The van der Waals surface area contributed by atoms with Crippen molar-refractivity contribution in [1.82, 2.24) is 9.80 Å². The molecule has 1 N–H and O–H groups in total. The molecule has 5 nitrogen and oxygen atoms in total. The van der Waals surface area contributed by atoms with Crippen molar-refractivity contribution in [3.05, 3.63) is 27.9 Å². The van der Waals surface area contributed by atoms with Crippen molar-refractivity contribution in [2.45, 2.75) is 0 Å². The Morgan fingerprint density at radius 3 is 2.50 bits per heavy atom. The Morgan fingerprint density at radius 2 is 2.00 bits per heavy atom. The van der Waals surface area contributed by atoms with Crippen LogP contribution in [-0.4, -0.2) is 47.1 Å². The van der Waals surface area contributed by atoms with Crippen LogP contribution < -0.4 is 4.74 Å². The fraction of sp³-hybridized carbons (Fsp3) is 0.231. The molecule has 1 aromatic carbocycles. The van der Waals surface area contributed by atoms with Gasteiger partial charge in [-0.25, -0.2) is 0 Å². The second kappa shape index (κ2) is 5.41. The van der Waals surface area contributed by atoms with E-state index in [2.05, 4.69) is 15.9 Å². The maximum atomic E-state index is 12.1. The molecule has 2 rings (SSSR count). The highest BCUT2D eigenvalue weighted by molar-refractivity contribution is 9.10. The van der Waals surface area contributed by atoms with Crippen LogP contribution in [0.25, 0.3) is 6.08 Å². The summed E-state index contributed by atoms with van der Waals surface area (Å²) in [6, 6.07) is 3.35. The zero-order valence-electron chi connectivity index (χ0n) is 11.2. The number of nitrogens with zero attached hydrogens (tertiary/aromatic N) is 2. The molecule has 0 saturated carbocycles. The van der Waals surface area contributed by atoms with Crippen LogP contribution in [0.15, 0.2) is 22.3 Å². The lowest BCUT2D eigenvalue weighted by Gasteiger charge is -2.11. The van der Waals surface area contributed by atoms with E-state index < -0.39 is 0 Å². The number of halogens is 1. The van der Waals surface area contributed by atoms with Gasteiger partial charge in [0, 0.05) is 14.1 Å². The van der Waals surface area contributed by atoms with Crippen molar-refractivity contribution in [3.8, 4) is 11.5 Å². The molecule has 0 bridgehead atoms. The van der Waals surface area contributed by atoms with Gasteiger partial charge in [-0.3, -0.25) is 9.69 Å². The number of rotatable bonds is 2. The lowest BCUT2D eigenvalue weighted by molar-refractivity contribution is -0.121. The fourth-order valence-electron chi connectivity index (χ4n) is 1.88. The van der Waals surface area contributed by atoms with Crippen molar-refractivity contribution >= 4 is 45.2 Å². The van der Waals surface area contributed by atoms with Crippen LogP contribution in [0, 0.1) is 0 Å². The minimum absolute atomic E-state index is 0.0217. The number of ether oxygens (including phenoxy) is 1. The Labute approximate surface area is 130 Å². The summed E-state index contributed by atoms with van der Waals surface area (Å²) in [5.41, 5.74) is 1.19. The van der Waals surface area contributed by atoms with E-state index in [1.54, 1.807) is 37.2 Å². The molecule has 0 spiro atoms. The van der Waals surface area contributed by atoms with Gasteiger partial charge in [-0.05, 0) is 51.9 Å². The highest BCUT2D eigenvalue weighted by Crippen LogP contribution is 2.36. The lowest BCUT2D eigenvalue weighted by atomic mass is 10.1. The van der Waals surface area contributed by atoms with E-state index in [1.165, 1.54) is 12.0 Å². The number of carbonyl (C=O) groups is 1. The van der Waals surface area contributed by atoms with Gasteiger partial charge in [-0.1, -0.05) is 0 Å². The highest BCUT2D eigenvalue weighted by atomic mass is 79.9. The first-order valence-electron chi connectivity index (χ1n) is 5.70. The topological polar surface area (TPSA) is 53.0 Å². The quantitative estimate of drug-likeness (QED) is 0.650. The molecular weight excluding hydrogens is 344 g/mol. The number of hydrogen-bond donors (Lipinski definition) is 1. The second-order valence-corrected chi connectivity index (χ2v) is 5.51. The monoisotopic (exact) mass is 356 g/mol. The minimum Gasteiger partial charge on any atom is -0.503 e. The molecule has 0 atom stereocenters. The van der Waals surface area contributed by atoms with Gasteiger partial charge in [0.1, 0.15) is 5.70 Å². The normalized spacial score (nSPS) is 17.3. The summed E-state index contributed by atoms with van der Waals surface area (Å²) in [6.07, 6.45) is 1.70. The van der Waals surface area contributed by atoms with E-state index in [4.69, 9.17) is 17.0 Å². The third-order valence-corrected chi connectivity index (χ3v) is 4.19. The first kappa shape index (κ1) is 14.8. The molecule has 1 fully saturated rings. The lowest BCUT2D eigenvalue weighted by Crippen LogP contribution is -2.26. The van der Waals surface area contributed by atoms with E-state index in [0.29, 0.717) is 21.0 Å².